The van der Waals surface area contributed by atoms with Crippen molar-refractivity contribution in [2.75, 3.05) is 0 Å². The van der Waals surface area contributed by atoms with E-state index in [2.05, 4.69) is 15.9 Å². The summed E-state index contributed by atoms with van der Waals surface area (Å²) in [6.07, 6.45) is -2.40. The molecular weight excluding hydrogens is 317 g/mol. The SMILES string of the molecule is O=C(O)C(F)(F)C(O)c1cc(Br)c(Cl)s1. The Labute approximate surface area is 100 Å². The Bertz CT molecular complexity index is 376. The van der Waals surface area contributed by atoms with Crippen LogP contribution in [0.3, 0.4) is 0 Å². The zero-order chi connectivity index (χ0) is 11.8. The first-order valence-electron chi connectivity index (χ1n) is 3.50. The summed E-state index contributed by atoms with van der Waals surface area (Å²) in [4.78, 5) is 9.97. The maximum atomic E-state index is 12.9. The molecule has 1 unspecified atom stereocenters. The van der Waals surface area contributed by atoms with Crippen molar-refractivity contribution in [3.63, 3.8) is 0 Å². The summed E-state index contributed by atoms with van der Waals surface area (Å²) in [7, 11) is 0. The normalized spacial score (nSPS) is 13.9. The van der Waals surface area contributed by atoms with Crippen LogP contribution in [0.15, 0.2) is 10.5 Å². The van der Waals surface area contributed by atoms with E-state index in [-0.39, 0.29) is 9.21 Å². The van der Waals surface area contributed by atoms with Gasteiger partial charge in [-0.2, -0.15) is 8.78 Å². The van der Waals surface area contributed by atoms with Crippen LogP contribution < -0.4 is 0 Å². The third-order valence-electron chi connectivity index (χ3n) is 1.56. The molecule has 0 fully saturated rings. The van der Waals surface area contributed by atoms with Gasteiger partial charge in [0.2, 0.25) is 0 Å². The third-order valence-corrected chi connectivity index (χ3v) is 4.09. The Morgan fingerprint density at radius 3 is 2.53 bits per heavy atom. The molecule has 0 amide bonds. The van der Waals surface area contributed by atoms with Crippen molar-refractivity contribution >= 4 is 44.8 Å². The largest absolute Gasteiger partial charge is 0.477 e. The second-order valence-electron chi connectivity index (χ2n) is 2.60. The molecule has 0 aromatic carbocycles. The van der Waals surface area contributed by atoms with E-state index in [0.717, 1.165) is 6.07 Å². The Morgan fingerprint density at radius 2 is 2.20 bits per heavy atom. The van der Waals surface area contributed by atoms with Gasteiger partial charge in [-0.05, 0) is 22.0 Å². The summed E-state index contributed by atoms with van der Waals surface area (Å²) < 4.78 is 26.2. The number of halogens is 4. The number of hydrogen-bond acceptors (Lipinski definition) is 3. The molecule has 0 spiro atoms. The number of carboxylic acid groups (broad SMARTS) is 1. The monoisotopic (exact) mass is 320 g/mol. The Kier molecular flexibility index (Phi) is 3.70. The average Bonchev–Trinajstić information content (AvgIpc) is 2.45. The fourth-order valence-corrected chi connectivity index (χ4v) is 2.56. The maximum Gasteiger partial charge on any atom is 0.377 e. The summed E-state index contributed by atoms with van der Waals surface area (Å²) in [6, 6.07) is 1.16. The molecule has 3 nitrogen and oxygen atoms in total. The van der Waals surface area contributed by atoms with E-state index in [1.807, 2.05) is 0 Å². The molecule has 1 rings (SSSR count). The van der Waals surface area contributed by atoms with Crippen molar-refractivity contribution in [1.29, 1.82) is 0 Å². The van der Waals surface area contributed by atoms with Gasteiger partial charge in [-0.25, -0.2) is 4.79 Å². The van der Waals surface area contributed by atoms with Gasteiger partial charge in [-0.3, -0.25) is 0 Å². The maximum absolute atomic E-state index is 12.9. The van der Waals surface area contributed by atoms with E-state index in [4.69, 9.17) is 21.8 Å². The highest BCUT2D eigenvalue weighted by Crippen LogP contribution is 2.40. The molecule has 0 saturated carbocycles. The quantitative estimate of drug-likeness (QED) is 0.900. The highest BCUT2D eigenvalue weighted by molar-refractivity contribution is 9.10. The van der Waals surface area contributed by atoms with Crippen LogP contribution in [0.1, 0.15) is 11.0 Å². The predicted molar refractivity (Wildman–Crippen MR) is 54.6 cm³/mol. The number of carboxylic acids is 1. The number of hydrogen-bond donors (Lipinski definition) is 2. The summed E-state index contributed by atoms with van der Waals surface area (Å²) >= 11 is 9.23. The molecule has 15 heavy (non-hydrogen) atoms. The van der Waals surface area contributed by atoms with Gasteiger partial charge in [-0.1, -0.05) is 11.6 Å². The van der Waals surface area contributed by atoms with Crippen LogP contribution in [0.25, 0.3) is 0 Å². The lowest BCUT2D eigenvalue weighted by atomic mass is 10.1. The van der Waals surface area contributed by atoms with E-state index in [1.54, 1.807) is 0 Å². The second-order valence-corrected chi connectivity index (χ2v) is 5.14. The lowest BCUT2D eigenvalue weighted by Gasteiger charge is -2.16. The molecule has 1 heterocycles. The first kappa shape index (κ1) is 12.8. The van der Waals surface area contributed by atoms with E-state index in [0.29, 0.717) is 15.8 Å². The number of alkyl halides is 2. The molecule has 0 bridgehead atoms. The molecule has 2 N–H and O–H groups in total. The van der Waals surface area contributed by atoms with Gasteiger partial charge in [0.1, 0.15) is 4.34 Å². The van der Waals surface area contributed by atoms with Crippen LogP contribution in [-0.4, -0.2) is 22.1 Å². The molecular formula is C7H4BrClF2O3S. The van der Waals surface area contributed by atoms with Gasteiger partial charge in [0.05, 0.1) is 0 Å². The van der Waals surface area contributed by atoms with Crippen LogP contribution in [0.2, 0.25) is 4.34 Å². The molecule has 0 aliphatic heterocycles. The van der Waals surface area contributed by atoms with Crippen LogP contribution in [0.4, 0.5) is 8.78 Å². The van der Waals surface area contributed by atoms with Gasteiger partial charge in [0, 0.05) is 9.35 Å². The van der Waals surface area contributed by atoms with Crippen LogP contribution in [0, 0.1) is 0 Å². The highest BCUT2D eigenvalue weighted by atomic mass is 79.9. The average molecular weight is 322 g/mol. The van der Waals surface area contributed by atoms with Crippen molar-refractivity contribution < 1.29 is 23.8 Å². The number of aliphatic hydroxyl groups excluding tert-OH is 1. The first-order valence-corrected chi connectivity index (χ1v) is 5.49. The molecule has 1 atom stereocenters. The first-order chi connectivity index (χ1) is 6.76. The van der Waals surface area contributed by atoms with Crippen molar-refractivity contribution in [1.82, 2.24) is 0 Å². The van der Waals surface area contributed by atoms with Gasteiger partial charge in [-0.15, -0.1) is 11.3 Å². The van der Waals surface area contributed by atoms with Gasteiger partial charge < -0.3 is 10.2 Å². The zero-order valence-corrected chi connectivity index (χ0v) is 10.0. The number of carbonyl (C=O) groups is 1. The van der Waals surface area contributed by atoms with Crippen LogP contribution in [0.5, 0.6) is 0 Å². The minimum Gasteiger partial charge on any atom is -0.477 e. The molecule has 0 radical (unpaired) electrons. The minimum atomic E-state index is -4.23. The van der Waals surface area contributed by atoms with Crippen molar-refractivity contribution in [3.8, 4) is 0 Å². The lowest BCUT2D eigenvalue weighted by molar-refractivity contribution is -0.182. The fourth-order valence-electron chi connectivity index (χ4n) is 0.794. The molecule has 84 valence electrons. The summed E-state index contributed by atoms with van der Waals surface area (Å²) in [5, 5.41) is 17.4. The minimum absolute atomic E-state index is 0.172. The zero-order valence-electron chi connectivity index (χ0n) is 6.88. The topological polar surface area (TPSA) is 57.5 Å². The highest BCUT2D eigenvalue weighted by Gasteiger charge is 2.48. The van der Waals surface area contributed by atoms with Crippen molar-refractivity contribution in [2.24, 2.45) is 0 Å². The van der Waals surface area contributed by atoms with Gasteiger partial charge in [0.25, 0.3) is 0 Å². The lowest BCUT2D eigenvalue weighted by Crippen LogP contribution is -2.35. The number of thiophene rings is 1. The predicted octanol–water partition coefficient (Wildman–Crippen LogP) is 2.92. The molecule has 0 saturated heterocycles. The van der Waals surface area contributed by atoms with Crippen molar-refractivity contribution in [2.45, 2.75) is 12.0 Å². The molecule has 8 heteroatoms. The van der Waals surface area contributed by atoms with E-state index >= 15 is 0 Å². The molecule has 0 aliphatic rings. The molecule has 1 aromatic rings. The standard InChI is InChI=1S/C7H4BrClF2O3S/c8-2-1-3(15-5(2)9)4(12)7(10,11)6(13)14/h1,4,12H,(H,13,14). The number of aliphatic carboxylic acids is 1. The van der Waals surface area contributed by atoms with Gasteiger partial charge >= 0.3 is 11.9 Å². The smallest absolute Gasteiger partial charge is 0.377 e. The van der Waals surface area contributed by atoms with Crippen molar-refractivity contribution in [3.05, 3.63) is 19.8 Å². The molecule has 1 aromatic heterocycles. The Balaban J connectivity index is 3.04. The van der Waals surface area contributed by atoms with E-state index < -0.39 is 18.0 Å². The Morgan fingerprint density at radius 1 is 1.67 bits per heavy atom. The molecule has 0 aliphatic carbocycles. The van der Waals surface area contributed by atoms with Crippen LogP contribution >= 0.6 is 38.9 Å². The van der Waals surface area contributed by atoms with Gasteiger partial charge in [0.15, 0.2) is 6.10 Å². The summed E-state index contributed by atoms with van der Waals surface area (Å²) in [5.41, 5.74) is 0. The Hall–Kier alpha value is -0.240. The third kappa shape index (κ3) is 2.47. The van der Waals surface area contributed by atoms with E-state index in [9.17, 15) is 13.6 Å². The second kappa shape index (κ2) is 4.32. The van der Waals surface area contributed by atoms with E-state index in [1.165, 1.54) is 0 Å². The fraction of sp³-hybridized carbons (Fsp3) is 0.286. The summed E-state index contributed by atoms with van der Waals surface area (Å²) in [6.45, 7) is 0. The number of aliphatic hydroxyl groups is 1. The summed E-state index contributed by atoms with van der Waals surface area (Å²) in [5.74, 6) is -6.61. The number of rotatable bonds is 3. The van der Waals surface area contributed by atoms with Crippen LogP contribution in [-0.2, 0) is 4.79 Å².